The first kappa shape index (κ1) is 19.8. The van der Waals surface area contributed by atoms with E-state index in [1.165, 1.54) is 12.1 Å². The predicted octanol–water partition coefficient (Wildman–Crippen LogP) is 0.515. The van der Waals surface area contributed by atoms with Gasteiger partial charge in [0.15, 0.2) is 12.0 Å². The van der Waals surface area contributed by atoms with Gasteiger partial charge in [0.1, 0.15) is 18.3 Å². The molecule has 0 bridgehead atoms. The average molecular weight is 379 g/mol. The number of carbonyl (C=O) groups is 1. The fourth-order valence-corrected chi connectivity index (χ4v) is 2.19. The van der Waals surface area contributed by atoms with E-state index in [0.717, 1.165) is 23.0 Å². The van der Waals surface area contributed by atoms with E-state index in [-0.39, 0.29) is 17.0 Å². The second kappa shape index (κ2) is 8.22. The van der Waals surface area contributed by atoms with Crippen LogP contribution in [0.2, 0.25) is 0 Å². The molecule has 0 aliphatic carbocycles. The van der Waals surface area contributed by atoms with Crippen molar-refractivity contribution >= 4 is 11.8 Å². The maximum absolute atomic E-state index is 14.2. The Hall–Kier alpha value is -3.55. The molecule has 2 aromatic rings. The molecule has 0 aromatic carbocycles. The van der Waals surface area contributed by atoms with Gasteiger partial charge in [-0.05, 0) is 13.0 Å². The Balaban J connectivity index is 2.27. The number of esters is 1. The summed E-state index contributed by atoms with van der Waals surface area (Å²) < 4.78 is 34.0. The minimum absolute atomic E-state index is 0.0208. The highest BCUT2D eigenvalue weighted by atomic mass is 19.3. The third kappa shape index (κ3) is 4.55. The molecule has 27 heavy (non-hydrogen) atoms. The van der Waals surface area contributed by atoms with Gasteiger partial charge in [-0.25, -0.2) is 4.98 Å². The number of halogens is 2. The van der Waals surface area contributed by atoms with Crippen LogP contribution in [0, 0.1) is 16.5 Å². The quantitative estimate of drug-likeness (QED) is 0.422. The standard InChI is InChI=1S/C16H15F2N5O4/c1-2-27-13(24)9-22-11(7-19)8-20-14(15(22)25)21-10-16(17,18)12-5-3-4-6-23(12)26/h3-6,8H,2,9-10H2,1H3,(H,20,21). The summed E-state index contributed by atoms with van der Waals surface area (Å²) in [5.41, 5.74) is -1.98. The molecule has 2 rings (SSSR count). The van der Waals surface area contributed by atoms with E-state index in [2.05, 4.69) is 10.3 Å². The van der Waals surface area contributed by atoms with E-state index in [4.69, 9.17) is 10.00 Å². The third-order valence-electron chi connectivity index (χ3n) is 3.44. The molecule has 0 saturated carbocycles. The Bertz CT molecular complexity index is 939. The van der Waals surface area contributed by atoms with Crippen molar-refractivity contribution in [1.29, 1.82) is 5.26 Å². The lowest BCUT2D eigenvalue weighted by Gasteiger charge is -2.16. The van der Waals surface area contributed by atoms with Gasteiger partial charge in [-0.2, -0.15) is 18.8 Å². The Labute approximate surface area is 152 Å². The molecular formula is C16H15F2N5O4. The van der Waals surface area contributed by atoms with Crippen LogP contribution in [-0.2, 0) is 22.0 Å². The number of hydrogen-bond donors (Lipinski definition) is 1. The van der Waals surface area contributed by atoms with Gasteiger partial charge in [-0.3, -0.25) is 14.2 Å². The van der Waals surface area contributed by atoms with Crippen molar-refractivity contribution in [3.63, 3.8) is 0 Å². The van der Waals surface area contributed by atoms with Gasteiger partial charge in [0.25, 0.3) is 11.3 Å². The first-order chi connectivity index (χ1) is 12.8. The molecule has 0 atom stereocenters. The van der Waals surface area contributed by atoms with E-state index in [1.807, 2.05) is 0 Å². The van der Waals surface area contributed by atoms with Crippen molar-refractivity contribution < 1.29 is 23.0 Å². The van der Waals surface area contributed by atoms with Crippen molar-refractivity contribution in [2.45, 2.75) is 19.4 Å². The fourth-order valence-electron chi connectivity index (χ4n) is 2.19. The monoisotopic (exact) mass is 379 g/mol. The zero-order valence-corrected chi connectivity index (χ0v) is 14.2. The van der Waals surface area contributed by atoms with Crippen LogP contribution in [-0.4, -0.2) is 28.7 Å². The summed E-state index contributed by atoms with van der Waals surface area (Å²) >= 11 is 0. The van der Waals surface area contributed by atoms with Crippen molar-refractivity contribution in [1.82, 2.24) is 9.55 Å². The molecule has 0 aliphatic rings. The molecule has 9 nitrogen and oxygen atoms in total. The number of hydrogen-bond acceptors (Lipinski definition) is 7. The Morgan fingerprint density at radius 2 is 2.26 bits per heavy atom. The smallest absolute Gasteiger partial charge is 0.347 e. The molecule has 0 saturated heterocycles. The number of carbonyl (C=O) groups excluding carboxylic acids is 1. The Morgan fingerprint density at radius 3 is 2.89 bits per heavy atom. The van der Waals surface area contributed by atoms with Gasteiger partial charge in [0, 0.05) is 12.1 Å². The fraction of sp³-hybridized carbons (Fsp3) is 0.312. The van der Waals surface area contributed by atoms with Crippen LogP contribution in [0.1, 0.15) is 18.3 Å². The first-order valence-corrected chi connectivity index (χ1v) is 7.76. The maximum atomic E-state index is 14.2. The highest BCUT2D eigenvalue weighted by Crippen LogP contribution is 2.24. The lowest BCUT2D eigenvalue weighted by atomic mass is 10.2. The van der Waals surface area contributed by atoms with Gasteiger partial charge in [-0.15, -0.1) is 0 Å². The number of nitrogens with one attached hydrogen (secondary N) is 1. The molecule has 0 radical (unpaired) electrons. The predicted molar refractivity (Wildman–Crippen MR) is 87.6 cm³/mol. The largest absolute Gasteiger partial charge is 0.618 e. The van der Waals surface area contributed by atoms with Crippen molar-refractivity contribution in [2.75, 3.05) is 18.5 Å². The van der Waals surface area contributed by atoms with Crippen LogP contribution in [0.4, 0.5) is 14.6 Å². The maximum Gasteiger partial charge on any atom is 0.347 e. The highest BCUT2D eigenvalue weighted by Gasteiger charge is 2.39. The Morgan fingerprint density at radius 1 is 1.52 bits per heavy atom. The number of ether oxygens (including phenoxy) is 1. The normalized spacial score (nSPS) is 10.9. The molecular weight excluding hydrogens is 364 g/mol. The first-order valence-electron chi connectivity index (χ1n) is 7.76. The van der Waals surface area contributed by atoms with Crippen LogP contribution in [0.15, 0.2) is 35.4 Å². The minimum Gasteiger partial charge on any atom is -0.618 e. The summed E-state index contributed by atoms with van der Waals surface area (Å²) in [7, 11) is 0. The molecule has 11 heteroatoms. The van der Waals surface area contributed by atoms with Gasteiger partial charge in [0.05, 0.1) is 19.3 Å². The summed E-state index contributed by atoms with van der Waals surface area (Å²) in [5.74, 6) is -4.86. The van der Waals surface area contributed by atoms with Gasteiger partial charge >= 0.3 is 11.9 Å². The zero-order chi connectivity index (χ0) is 20.0. The van der Waals surface area contributed by atoms with Crippen molar-refractivity contribution in [3.8, 4) is 6.07 Å². The molecule has 0 amide bonds. The van der Waals surface area contributed by atoms with E-state index < -0.39 is 42.1 Å². The number of aromatic nitrogens is 3. The SMILES string of the molecule is CCOC(=O)Cn1c(C#N)cnc(NCC(F)(F)c2cccc[n+]2[O-])c1=O. The van der Waals surface area contributed by atoms with E-state index >= 15 is 0 Å². The summed E-state index contributed by atoms with van der Waals surface area (Å²) in [6.07, 6.45) is 1.90. The zero-order valence-electron chi connectivity index (χ0n) is 14.2. The minimum atomic E-state index is -3.60. The number of pyridine rings is 1. The summed E-state index contributed by atoms with van der Waals surface area (Å²) in [5, 5.41) is 22.7. The molecule has 2 aromatic heterocycles. The van der Waals surface area contributed by atoms with Crippen molar-refractivity contribution in [2.24, 2.45) is 0 Å². The van der Waals surface area contributed by atoms with Gasteiger partial charge in [-0.1, -0.05) is 0 Å². The van der Waals surface area contributed by atoms with Gasteiger partial charge in [0.2, 0.25) is 0 Å². The summed E-state index contributed by atoms with van der Waals surface area (Å²) in [6.45, 7) is -0.0152. The number of alkyl halides is 2. The van der Waals surface area contributed by atoms with Crippen molar-refractivity contribution in [3.05, 3.63) is 57.5 Å². The molecule has 2 heterocycles. The van der Waals surface area contributed by atoms with Crippen LogP contribution in [0.3, 0.4) is 0 Å². The van der Waals surface area contributed by atoms with E-state index in [0.29, 0.717) is 0 Å². The molecule has 0 unspecified atom stereocenters. The molecule has 0 fully saturated rings. The molecule has 0 spiro atoms. The second-order valence-electron chi connectivity index (χ2n) is 5.27. The van der Waals surface area contributed by atoms with E-state index in [9.17, 15) is 23.6 Å². The third-order valence-corrected chi connectivity index (χ3v) is 3.44. The number of rotatable bonds is 7. The van der Waals surface area contributed by atoms with Gasteiger partial charge < -0.3 is 15.3 Å². The number of nitriles is 1. The lowest BCUT2D eigenvalue weighted by molar-refractivity contribution is -0.624. The average Bonchev–Trinajstić information content (AvgIpc) is 2.63. The van der Waals surface area contributed by atoms with Crippen LogP contribution < -0.4 is 15.6 Å². The number of anilines is 1. The number of nitrogens with zero attached hydrogens (tertiary/aromatic N) is 4. The van der Waals surface area contributed by atoms with Crippen LogP contribution in [0.25, 0.3) is 0 Å². The van der Waals surface area contributed by atoms with Crippen LogP contribution >= 0.6 is 0 Å². The molecule has 0 aliphatic heterocycles. The topological polar surface area (TPSA) is 124 Å². The Kier molecular flexibility index (Phi) is 6.02. The second-order valence-corrected chi connectivity index (χ2v) is 5.27. The lowest BCUT2D eigenvalue weighted by Crippen LogP contribution is -2.41. The molecule has 1 N–H and O–H groups in total. The molecule has 142 valence electrons. The summed E-state index contributed by atoms with van der Waals surface area (Å²) in [4.78, 5) is 27.6. The van der Waals surface area contributed by atoms with E-state index in [1.54, 1.807) is 13.0 Å². The highest BCUT2D eigenvalue weighted by molar-refractivity contribution is 5.69. The van der Waals surface area contributed by atoms with Crippen LogP contribution in [0.5, 0.6) is 0 Å². The summed E-state index contributed by atoms with van der Waals surface area (Å²) in [6, 6.07) is 5.23.